The number of nitrogens with one attached hydrogen (secondary N) is 1. The van der Waals surface area contributed by atoms with Crippen molar-refractivity contribution in [2.45, 2.75) is 31.1 Å². The van der Waals surface area contributed by atoms with E-state index in [1.165, 1.54) is 43.8 Å². The Morgan fingerprint density at radius 1 is 1.03 bits per heavy atom. The molecule has 37 heavy (non-hydrogen) atoms. The Bertz CT molecular complexity index is 1400. The van der Waals surface area contributed by atoms with Crippen LogP contribution in [0.15, 0.2) is 53.4 Å². The van der Waals surface area contributed by atoms with Crippen LogP contribution >= 0.6 is 11.3 Å². The van der Waals surface area contributed by atoms with Gasteiger partial charge in [-0.2, -0.15) is 0 Å². The van der Waals surface area contributed by atoms with Gasteiger partial charge in [0.25, 0.3) is 10.0 Å². The van der Waals surface area contributed by atoms with E-state index in [1.54, 1.807) is 37.3 Å². The number of sulfonamides is 1. The molecule has 0 aliphatic heterocycles. The molecule has 1 N–H and O–H groups in total. The fourth-order valence-corrected chi connectivity index (χ4v) is 6.95. The molecule has 3 aromatic rings. The van der Waals surface area contributed by atoms with Crippen LogP contribution in [0.25, 0.3) is 0 Å². The number of ether oxygens (including phenoxy) is 3. The first-order chi connectivity index (χ1) is 17.8. The lowest BCUT2D eigenvalue weighted by atomic mass is 10.1. The van der Waals surface area contributed by atoms with E-state index < -0.39 is 28.4 Å². The maximum absolute atomic E-state index is 13.7. The molecule has 1 aliphatic carbocycles. The lowest BCUT2D eigenvalue weighted by Gasteiger charge is -2.25. The summed E-state index contributed by atoms with van der Waals surface area (Å²) in [4.78, 5) is 27.0. The first kappa shape index (κ1) is 26.5. The van der Waals surface area contributed by atoms with Crippen molar-refractivity contribution in [3.8, 4) is 11.5 Å². The topological polar surface area (TPSA) is 111 Å². The highest BCUT2D eigenvalue weighted by Gasteiger charge is 2.31. The van der Waals surface area contributed by atoms with Crippen molar-refractivity contribution in [2.75, 3.05) is 37.0 Å². The number of nitrogens with zero attached hydrogens (tertiary/aromatic N) is 1. The summed E-state index contributed by atoms with van der Waals surface area (Å²) in [5.41, 5.74) is 1.47. The van der Waals surface area contributed by atoms with Gasteiger partial charge in [-0.05, 0) is 56.0 Å². The van der Waals surface area contributed by atoms with Crippen molar-refractivity contribution in [2.24, 2.45) is 0 Å². The zero-order chi connectivity index (χ0) is 26.6. The number of amides is 1. The number of carbonyl (C=O) groups is 2. The number of hydrogen-bond acceptors (Lipinski definition) is 8. The number of aryl methyl sites for hydroxylation is 1. The van der Waals surface area contributed by atoms with Gasteiger partial charge in [0.15, 0.2) is 11.5 Å². The predicted octanol–water partition coefficient (Wildman–Crippen LogP) is 4.26. The average Bonchev–Trinajstić information content (AvgIpc) is 3.48. The highest BCUT2D eigenvalue weighted by atomic mass is 32.2. The van der Waals surface area contributed by atoms with Crippen molar-refractivity contribution in [1.29, 1.82) is 0 Å². The van der Waals surface area contributed by atoms with E-state index in [1.807, 2.05) is 0 Å². The summed E-state index contributed by atoms with van der Waals surface area (Å²) < 4.78 is 44.2. The molecule has 0 spiro atoms. The minimum atomic E-state index is -4.13. The maximum atomic E-state index is 13.7. The molecular weight excluding hydrogens is 516 g/mol. The van der Waals surface area contributed by atoms with Gasteiger partial charge in [0.05, 0.1) is 37.0 Å². The molecule has 196 valence electrons. The van der Waals surface area contributed by atoms with E-state index in [9.17, 15) is 18.0 Å². The fourth-order valence-electron chi connectivity index (χ4n) is 4.22. The number of hydrogen-bond donors (Lipinski definition) is 1. The van der Waals surface area contributed by atoms with Crippen LogP contribution in [0.2, 0.25) is 0 Å². The summed E-state index contributed by atoms with van der Waals surface area (Å²) in [5.74, 6) is -0.362. The molecule has 1 amide bonds. The molecule has 0 bridgehead atoms. The SMILES string of the molecule is CCOC(=O)c1c(NC(=O)CN(c2ccc(OC)c(OC)c2)S(=O)(=O)c2ccccc2)sc2c1CCC2. The number of benzene rings is 2. The van der Waals surface area contributed by atoms with Crippen molar-refractivity contribution in [1.82, 2.24) is 0 Å². The summed E-state index contributed by atoms with van der Waals surface area (Å²) in [6.07, 6.45) is 2.49. The lowest BCUT2D eigenvalue weighted by Crippen LogP contribution is -2.38. The van der Waals surface area contributed by atoms with E-state index >= 15 is 0 Å². The number of thiophene rings is 1. The summed E-state index contributed by atoms with van der Waals surface area (Å²) in [7, 11) is -1.21. The van der Waals surface area contributed by atoms with Gasteiger partial charge in [0.1, 0.15) is 11.5 Å². The van der Waals surface area contributed by atoms with Gasteiger partial charge in [-0.3, -0.25) is 9.10 Å². The van der Waals surface area contributed by atoms with Gasteiger partial charge in [-0.15, -0.1) is 11.3 Å². The summed E-state index contributed by atoms with van der Waals surface area (Å²) in [6, 6.07) is 12.5. The van der Waals surface area contributed by atoms with Gasteiger partial charge in [0.2, 0.25) is 5.91 Å². The van der Waals surface area contributed by atoms with E-state index in [2.05, 4.69) is 5.32 Å². The molecule has 0 radical (unpaired) electrons. The van der Waals surface area contributed by atoms with Gasteiger partial charge >= 0.3 is 5.97 Å². The molecule has 0 unspecified atom stereocenters. The Hall–Kier alpha value is -3.57. The minimum Gasteiger partial charge on any atom is -0.493 e. The summed E-state index contributed by atoms with van der Waals surface area (Å²) >= 11 is 1.33. The van der Waals surface area contributed by atoms with Gasteiger partial charge in [0, 0.05) is 10.9 Å². The first-order valence-electron chi connectivity index (χ1n) is 11.7. The van der Waals surface area contributed by atoms with Crippen molar-refractivity contribution in [3.05, 3.63) is 64.5 Å². The summed E-state index contributed by atoms with van der Waals surface area (Å²) in [5, 5.41) is 3.14. The Kier molecular flexibility index (Phi) is 8.03. The standard InChI is InChI=1S/C26H28N2O7S2/c1-4-35-26(30)24-19-11-8-12-22(19)36-25(24)27-23(29)16-28(37(31,32)18-9-6-5-7-10-18)17-13-14-20(33-2)21(15-17)34-3/h5-7,9-10,13-15H,4,8,11-12,16H2,1-3H3,(H,27,29). The van der Waals surface area contributed by atoms with Gasteiger partial charge in [-0.1, -0.05) is 18.2 Å². The minimum absolute atomic E-state index is 0.0277. The predicted molar refractivity (Wildman–Crippen MR) is 141 cm³/mol. The molecule has 1 aliphatic rings. The van der Waals surface area contributed by atoms with Crippen LogP contribution in [0, 0.1) is 0 Å². The van der Waals surface area contributed by atoms with Crippen LogP contribution in [0.3, 0.4) is 0 Å². The molecular formula is C26H28N2O7S2. The number of carbonyl (C=O) groups excluding carboxylic acids is 2. The Labute approximate surface area is 220 Å². The van der Waals surface area contributed by atoms with E-state index in [0.29, 0.717) is 22.1 Å². The second kappa shape index (κ2) is 11.2. The third-order valence-corrected chi connectivity index (χ3v) is 8.92. The van der Waals surface area contributed by atoms with Crippen LogP contribution in [0.5, 0.6) is 11.5 Å². The Morgan fingerprint density at radius 2 is 1.76 bits per heavy atom. The zero-order valence-electron chi connectivity index (χ0n) is 20.8. The third-order valence-electron chi connectivity index (χ3n) is 5.93. The number of rotatable bonds is 10. The van der Waals surface area contributed by atoms with E-state index in [-0.39, 0.29) is 17.2 Å². The smallest absolute Gasteiger partial charge is 0.341 e. The Morgan fingerprint density at radius 3 is 2.43 bits per heavy atom. The maximum Gasteiger partial charge on any atom is 0.341 e. The fraction of sp³-hybridized carbons (Fsp3) is 0.308. The van der Waals surface area contributed by atoms with E-state index in [4.69, 9.17) is 14.2 Å². The van der Waals surface area contributed by atoms with Crippen LogP contribution in [0.4, 0.5) is 10.7 Å². The molecule has 1 aromatic heterocycles. The molecule has 0 atom stereocenters. The first-order valence-corrected chi connectivity index (χ1v) is 14.0. The molecule has 0 fully saturated rings. The van der Waals surface area contributed by atoms with Crippen LogP contribution in [0.1, 0.15) is 34.1 Å². The number of esters is 1. The monoisotopic (exact) mass is 544 g/mol. The molecule has 0 saturated carbocycles. The third kappa shape index (κ3) is 5.42. The van der Waals surface area contributed by atoms with E-state index in [0.717, 1.165) is 34.0 Å². The molecule has 2 aromatic carbocycles. The Balaban J connectivity index is 1.69. The molecule has 9 nitrogen and oxygen atoms in total. The normalized spacial score (nSPS) is 12.5. The quantitative estimate of drug-likeness (QED) is 0.380. The lowest BCUT2D eigenvalue weighted by molar-refractivity contribution is -0.114. The second-order valence-electron chi connectivity index (χ2n) is 8.19. The van der Waals surface area contributed by atoms with Gasteiger partial charge in [-0.25, -0.2) is 13.2 Å². The van der Waals surface area contributed by atoms with Crippen LogP contribution < -0.4 is 19.1 Å². The highest BCUT2D eigenvalue weighted by Crippen LogP contribution is 2.40. The van der Waals surface area contributed by atoms with Crippen molar-refractivity contribution < 1.29 is 32.2 Å². The number of methoxy groups -OCH3 is 2. The molecule has 0 saturated heterocycles. The second-order valence-corrected chi connectivity index (χ2v) is 11.2. The average molecular weight is 545 g/mol. The number of anilines is 2. The largest absolute Gasteiger partial charge is 0.493 e. The molecule has 4 rings (SSSR count). The van der Waals surface area contributed by atoms with Crippen LogP contribution in [-0.2, 0) is 32.4 Å². The van der Waals surface area contributed by atoms with Crippen molar-refractivity contribution in [3.63, 3.8) is 0 Å². The van der Waals surface area contributed by atoms with Gasteiger partial charge < -0.3 is 19.5 Å². The number of fused-ring (bicyclic) bond motifs is 1. The highest BCUT2D eigenvalue weighted by molar-refractivity contribution is 7.92. The van der Waals surface area contributed by atoms with Crippen molar-refractivity contribution >= 4 is 43.9 Å². The van der Waals surface area contributed by atoms with Crippen LogP contribution in [-0.4, -0.2) is 47.7 Å². The molecule has 1 heterocycles. The summed E-state index contributed by atoms with van der Waals surface area (Å²) in [6.45, 7) is 1.40. The zero-order valence-corrected chi connectivity index (χ0v) is 22.4. The molecule has 11 heteroatoms.